The summed E-state index contributed by atoms with van der Waals surface area (Å²) in [6, 6.07) is 16.3. The Kier molecular flexibility index (Phi) is 10.4. The van der Waals surface area contributed by atoms with Gasteiger partial charge in [0.1, 0.15) is 5.75 Å². The molecule has 0 aliphatic carbocycles. The zero-order chi connectivity index (χ0) is 20.5. The number of nitrogens with zero attached hydrogens (tertiary/aromatic N) is 2. The van der Waals surface area contributed by atoms with E-state index in [4.69, 9.17) is 20.2 Å². The number of nitrogens with two attached hydrogens (primary N) is 1. The van der Waals surface area contributed by atoms with Crippen LogP contribution < -0.4 is 15.8 Å². The number of hydrogen-bond acceptors (Lipinski definition) is 4. The van der Waals surface area contributed by atoms with Crippen molar-refractivity contribution in [3.63, 3.8) is 0 Å². The molecule has 0 saturated carbocycles. The average Bonchev–Trinajstić information content (AvgIpc) is 2.76. The monoisotopic (exact) mass is 524 g/mol. The largest absolute Gasteiger partial charge is 0.496 e. The summed E-state index contributed by atoms with van der Waals surface area (Å²) in [5.74, 6) is 1.31. The normalized spacial score (nSPS) is 15.9. The fourth-order valence-corrected chi connectivity index (χ4v) is 3.87. The van der Waals surface area contributed by atoms with Gasteiger partial charge in [0.05, 0.1) is 26.3 Å². The topological polar surface area (TPSA) is 72.1 Å². The number of nitrogens with one attached hydrogen (secondary N) is 1. The van der Waals surface area contributed by atoms with Gasteiger partial charge in [-0.2, -0.15) is 0 Å². The van der Waals surface area contributed by atoms with E-state index in [-0.39, 0.29) is 30.0 Å². The van der Waals surface area contributed by atoms with E-state index in [1.165, 1.54) is 19.3 Å². The molecule has 164 valence electrons. The lowest BCUT2D eigenvalue weighted by Gasteiger charge is -2.34. The highest BCUT2D eigenvalue weighted by Gasteiger charge is 2.24. The lowest BCUT2D eigenvalue weighted by atomic mass is 10.0. The molecule has 3 N–H and O–H groups in total. The van der Waals surface area contributed by atoms with Gasteiger partial charge in [-0.15, -0.1) is 24.0 Å². The number of piperidine rings is 1. The van der Waals surface area contributed by atoms with Crippen LogP contribution in [-0.4, -0.2) is 44.7 Å². The molecule has 1 saturated heterocycles. The summed E-state index contributed by atoms with van der Waals surface area (Å²) >= 11 is 0. The lowest BCUT2D eigenvalue weighted by molar-refractivity contribution is 0.165. The van der Waals surface area contributed by atoms with Gasteiger partial charge in [-0.1, -0.05) is 42.8 Å². The van der Waals surface area contributed by atoms with Crippen molar-refractivity contribution in [2.75, 3.05) is 39.2 Å². The number of para-hydroxylation sites is 2. The van der Waals surface area contributed by atoms with Crippen molar-refractivity contribution in [3.05, 3.63) is 59.7 Å². The molecule has 1 aliphatic heterocycles. The number of likely N-dealkylation sites (tertiary alicyclic amines) is 1. The minimum Gasteiger partial charge on any atom is -0.496 e. The number of anilines is 1. The molecule has 6 nitrogen and oxygen atoms in total. The van der Waals surface area contributed by atoms with E-state index in [1.54, 1.807) is 14.2 Å². The highest BCUT2D eigenvalue weighted by molar-refractivity contribution is 14.0. The minimum atomic E-state index is 0. The fourth-order valence-electron chi connectivity index (χ4n) is 3.87. The van der Waals surface area contributed by atoms with Gasteiger partial charge in [0, 0.05) is 23.9 Å². The van der Waals surface area contributed by atoms with E-state index in [2.05, 4.69) is 22.3 Å². The minimum absolute atomic E-state index is 0. The summed E-state index contributed by atoms with van der Waals surface area (Å²) in [4.78, 5) is 7.19. The standard InChI is InChI=1S/C23H32N4O2.HI/c1-28-17-18-10-4-6-12-20(18)26-23(24)25-16-21(27-14-8-3-9-15-27)19-11-5-7-13-22(19)29-2;/h4-7,10-13,21H,3,8-9,14-17H2,1-2H3,(H3,24,25,26);1H. The first kappa shape index (κ1) is 24.4. The van der Waals surface area contributed by atoms with Gasteiger partial charge in [0.25, 0.3) is 0 Å². The summed E-state index contributed by atoms with van der Waals surface area (Å²) in [7, 11) is 3.41. The van der Waals surface area contributed by atoms with Crippen LogP contribution in [-0.2, 0) is 11.3 Å². The summed E-state index contributed by atoms with van der Waals surface area (Å²) in [6.45, 7) is 3.24. The van der Waals surface area contributed by atoms with Crippen LogP contribution in [0.5, 0.6) is 5.75 Å². The zero-order valence-electron chi connectivity index (χ0n) is 17.8. The quantitative estimate of drug-likeness (QED) is 0.304. The molecule has 0 bridgehead atoms. The summed E-state index contributed by atoms with van der Waals surface area (Å²) < 4.78 is 10.9. The first-order valence-electron chi connectivity index (χ1n) is 10.2. The van der Waals surface area contributed by atoms with E-state index in [1.807, 2.05) is 36.4 Å². The molecule has 1 aliphatic rings. The second-order valence-corrected chi connectivity index (χ2v) is 7.30. The van der Waals surface area contributed by atoms with Crippen LogP contribution >= 0.6 is 24.0 Å². The molecule has 2 aromatic rings. The summed E-state index contributed by atoms with van der Waals surface area (Å²) in [5.41, 5.74) is 9.37. The van der Waals surface area contributed by atoms with Crippen molar-refractivity contribution in [1.82, 2.24) is 4.90 Å². The van der Waals surface area contributed by atoms with Gasteiger partial charge < -0.3 is 20.5 Å². The molecule has 2 aromatic carbocycles. The number of aliphatic imine (C=N–C) groups is 1. The highest BCUT2D eigenvalue weighted by Crippen LogP contribution is 2.31. The number of hydrogen-bond donors (Lipinski definition) is 2. The zero-order valence-corrected chi connectivity index (χ0v) is 20.2. The molecule has 0 aromatic heterocycles. The Morgan fingerprint density at radius 2 is 1.77 bits per heavy atom. The SMILES string of the molecule is COCc1ccccc1NC(N)=NCC(c1ccccc1OC)N1CCCCC1.I. The van der Waals surface area contributed by atoms with Gasteiger partial charge in [-0.25, -0.2) is 0 Å². The Morgan fingerprint density at radius 1 is 1.07 bits per heavy atom. The van der Waals surface area contributed by atoms with Crippen LogP contribution in [0.25, 0.3) is 0 Å². The third kappa shape index (κ3) is 6.58. The smallest absolute Gasteiger partial charge is 0.193 e. The van der Waals surface area contributed by atoms with Crippen LogP contribution in [0.3, 0.4) is 0 Å². The first-order chi connectivity index (χ1) is 14.2. The molecule has 0 amide bonds. The molecule has 0 radical (unpaired) electrons. The van der Waals surface area contributed by atoms with Gasteiger partial charge in [-0.3, -0.25) is 9.89 Å². The van der Waals surface area contributed by atoms with Crippen LogP contribution in [0, 0.1) is 0 Å². The molecular formula is C23H33IN4O2. The molecule has 1 unspecified atom stereocenters. The Balaban J connectivity index is 0.00000320. The summed E-state index contributed by atoms with van der Waals surface area (Å²) in [6.07, 6.45) is 3.72. The molecule has 1 heterocycles. The highest BCUT2D eigenvalue weighted by atomic mass is 127. The van der Waals surface area contributed by atoms with Crippen LogP contribution in [0.2, 0.25) is 0 Å². The number of ether oxygens (including phenoxy) is 2. The van der Waals surface area contributed by atoms with Crippen LogP contribution in [0.4, 0.5) is 5.69 Å². The molecule has 0 spiro atoms. The Hall–Kier alpha value is -1.84. The van der Waals surface area contributed by atoms with E-state index < -0.39 is 0 Å². The van der Waals surface area contributed by atoms with Crippen molar-refractivity contribution >= 4 is 35.6 Å². The maximum Gasteiger partial charge on any atom is 0.193 e. The number of methoxy groups -OCH3 is 2. The van der Waals surface area contributed by atoms with Gasteiger partial charge in [0.15, 0.2) is 5.96 Å². The van der Waals surface area contributed by atoms with Gasteiger partial charge in [-0.05, 0) is 38.1 Å². The maximum atomic E-state index is 6.25. The van der Waals surface area contributed by atoms with Crippen molar-refractivity contribution in [1.29, 1.82) is 0 Å². The molecular weight excluding hydrogens is 491 g/mol. The maximum absolute atomic E-state index is 6.25. The van der Waals surface area contributed by atoms with Crippen molar-refractivity contribution in [2.45, 2.75) is 31.9 Å². The fraction of sp³-hybridized carbons (Fsp3) is 0.435. The average molecular weight is 524 g/mol. The van der Waals surface area contributed by atoms with E-state index in [0.717, 1.165) is 35.7 Å². The second kappa shape index (κ2) is 12.8. The lowest BCUT2D eigenvalue weighted by Crippen LogP contribution is -2.36. The van der Waals surface area contributed by atoms with Gasteiger partial charge >= 0.3 is 0 Å². The first-order valence-corrected chi connectivity index (χ1v) is 10.2. The van der Waals surface area contributed by atoms with Crippen LogP contribution in [0.1, 0.15) is 36.4 Å². The third-order valence-corrected chi connectivity index (χ3v) is 5.34. The van der Waals surface area contributed by atoms with Crippen molar-refractivity contribution in [3.8, 4) is 5.75 Å². The summed E-state index contributed by atoms with van der Waals surface area (Å²) in [5, 5.41) is 3.23. The molecule has 1 atom stereocenters. The molecule has 3 rings (SSSR count). The second-order valence-electron chi connectivity index (χ2n) is 7.30. The number of rotatable bonds is 8. The molecule has 30 heavy (non-hydrogen) atoms. The van der Waals surface area contributed by atoms with E-state index >= 15 is 0 Å². The molecule has 1 fully saturated rings. The van der Waals surface area contributed by atoms with E-state index in [9.17, 15) is 0 Å². The molecule has 7 heteroatoms. The number of benzene rings is 2. The van der Waals surface area contributed by atoms with Gasteiger partial charge in [0.2, 0.25) is 0 Å². The Morgan fingerprint density at radius 3 is 2.50 bits per heavy atom. The number of halogens is 1. The Labute approximate surface area is 196 Å². The predicted molar refractivity (Wildman–Crippen MR) is 134 cm³/mol. The van der Waals surface area contributed by atoms with Crippen LogP contribution in [0.15, 0.2) is 53.5 Å². The number of guanidine groups is 1. The third-order valence-electron chi connectivity index (χ3n) is 5.34. The predicted octanol–water partition coefficient (Wildman–Crippen LogP) is 4.41. The van der Waals surface area contributed by atoms with Crippen molar-refractivity contribution < 1.29 is 9.47 Å². The van der Waals surface area contributed by atoms with Crippen molar-refractivity contribution in [2.24, 2.45) is 10.7 Å². The van der Waals surface area contributed by atoms with E-state index in [0.29, 0.717) is 19.1 Å². The Bertz CT molecular complexity index is 809.